The van der Waals surface area contributed by atoms with Crippen molar-refractivity contribution in [2.45, 2.75) is 6.54 Å². The third-order valence-corrected chi connectivity index (χ3v) is 4.59. The first-order valence-electron chi connectivity index (χ1n) is 9.67. The lowest BCUT2D eigenvalue weighted by molar-refractivity contribution is -0.117. The molecule has 0 fully saturated rings. The lowest BCUT2D eigenvalue weighted by Gasteiger charge is -2.07. The number of rotatable bonds is 8. The number of nitrogens with two attached hydrogens (primary N) is 1. The molecule has 0 saturated carbocycles. The molecule has 0 saturated heterocycles. The van der Waals surface area contributed by atoms with E-state index < -0.39 is 11.9 Å². The van der Waals surface area contributed by atoms with E-state index in [9.17, 15) is 9.59 Å². The second-order valence-corrected chi connectivity index (χ2v) is 6.67. The van der Waals surface area contributed by atoms with Gasteiger partial charge in [0.15, 0.2) is 5.82 Å². The Hall–Kier alpha value is -4.46. The highest BCUT2D eigenvalue weighted by Crippen LogP contribution is 2.22. The molecular weight excluding hydrogens is 408 g/mol. The van der Waals surface area contributed by atoms with E-state index in [0.717, 1.165) is 29.1 Å². The number of methoxy groups -OCH3 is 1. The Labute approximate surface area is 185 Å². The first-order chi connectivity index (χ1) is 15.5. The van der Waals surface area contributed by atoms with Crippen LogP contribution in [-0.2, 0) is 11.3 Å². The zero-order valence-electron chi connectivity index (χ0n) is 17.4. The Kier molecular flexibility index (Phi) is 7.32. The molecule has 1 aromatic heterocycles. The highest BCUT2D eigenvalue weighted by atomic mass is 16.5. The van der Waals surface area contributed by atoms with E-state index in [1.54, 1.807) is 0 Å². The summed E-state index contributed by atoms with van der Waals surface area (Å²) in [6.45, 7) is 0.318. The van der Waals surface area contributed by atoms with Crippen LogP contribution in [0.3, 0.4) is 0 Å². The fourth-order valence-electron chi connectivity index (χ4n) is 2.87. The van der Waals surface area contributed by atoms with E-state index in [1.807, 2.05) is 54.6 Å². The van der Waals surface area contributed by atoms with Gasteiger partial charge in [-0.3, -0.25) is 4.79 Å². The predicted molar refractivity (Wildman–Crippen MR) is 122 cm³/mol. The van der Waals surface area contributed by atoms with Gasteiger partial charge in [0.2, 0.25) is 0 Å². The maximum absolute atomic E-state index is 12.5. The van der Waals surface area contributed by atoms with Crippen molar-refractivity contribution in [1.29, 1.82) is 0 Å². The van der Waals surface area contributed by atoms with E-state index in [-0.39, 0.29) is 22.7 Å². The first kappa shape index (κ1) is 22.2. The molecule has 0 bridgehead atoms. The lowest BCUT2D eigenvalue weighted by Crippen LogP contribution is -2.25. The normalized spacial score (nSPS) is 11.3. The zero-order valence-corrected chi connectivity index (χ0v) is 17.4. The second-order valence-electron chi connectivity index (χ2n) is 6.67. The summed E-state index contributed by atoms with van der Waals surface area (Å²) in [5.41, 5.74) is 8.76. The summed E-state index contributed by atoms with van der Waals surface area (Å²) in [7, 11) is 1.35. The smallest absolute Gasteiger partial charge is 0.341 e. The van der Waals surface area contributed by atoms with Crippen LogP contribution < -0.4 is 15.8 Å². The van der Waals surface area contributed by atoms with Gasteiger partial charge in [0.25, 0.3) is 5.91 Å². The zero-order chi connectivity index (χ0) is 22.9. The van der Waals surface area contributed by atoms with Crippen LogP contribution in [0.4, 0.5) is 5.82 Å². The highest BCUT2D eigenvalue weighted by Gasteiger charge is 2.12. The molecule has 3 aromatic rings. The van der Waals surface area contributed by atoms with Crippen molar-refractivity contribution in [1.82, 2.24) is 10.3 Å². The van der Waals surface area contributed by atoms with Gasteiger partial charge in [-0.25, -0.2) is 14.8 Å². The highest BCUT2D eigenvalue weighted by molar-refractivity contribution is 6.12. The molecule has 8 nitrogen and oxygen atoms in total. The molecule has 0 aliphatic heterocycles. The summed E-state index contributed by atoms with van der Waals surface area (Å²) >= 11 is 0. The Morgan fingerprint density at radius 2 is 1.81 bits per heavy atom. The number of carboxylic acid groups (broad SMARTS) is 1. The van der Waals surface area contributed by atoms with Crippen LogP contribution >= 0.6 is 0 Å². The third kappa shape index (κ3) is 5.57. The summed E-state index contributed by atoms with van der Waals surface area (Å²) in [4.78, 5) is 31.6. The number of hydrogen-bond donors (Lipinski definition) is 3. The molecule has 0 radical (unpaired) electrons. The van der Waals surface area contributed by atoms with Crippen LogP contribution in [0.5, 0.6) is 5.75 Å². The van der Waals surface area contributed by atoms with Crippen LogP contribution in [0.15, 0.2) is 83.6 Å². The summed E-state index contributed by atoms with van der Waals surface area (Å²) in [5, 5.41) is 11.9. The number of aromatic carboxylic acids is 1. The Balaban J connectivity index is 1.62. The fraction of sp³-hybridized carbons (Fsp3) is 0.0833. The number of aliphatic imine (C=N–C) groups is 1. The number of benzene rings is 2. The van der Waals surface area contributed by atoms with Crippen molar-refractivity contribution in [3.63, 3.8) is 0 Å². The minimum atomic E-state index is -1.16. The largest absolute Gasteiger partial charge is 0.496 e. The molecule has 2 aromatic carbocycles. The predicted octanol–water partition coefficient (Wildman–Crippen LogP) is 3.32. The Morgan fingerprint density at radius 1 is 1.12 bits per heavy atom. The summed E-state index contributed by atoms with van der Waals surface area (Å²) < 4.78 is 5.04. The minimum absolute atomic E-state index is 0.0860. The van der Waals surface area contributed by atoms with Crippen LogP contribution in [0.25, 0.3) is 11.1 Å². The number of carbonyl (C=O) groups is 2. The van der Waals surface area contributed by atoms with Crippen molar-refractivity contribution in [3.8, 4) is 16.9 Å². The number of nitrogens with one attached hydrogen (secondary N) is 1. The number of amides is 1. The number of hydrogen-bond acceptors (Lipinski definition) is 6. The van der Waals surface area contributed by atoms with Gasteiger partial charge >= 0.3 is 5.97 Å². The third-order valence-electron chi connectivity index (χ3n) is 4.59. The first-order valence-corrected chi connectivity index (χ1v) is 9.67. The van der Waals surface area contributed by atoms with Crippen LogP contribution in [0.2, 0.25) is 0 Å². The summed E-state index contributed by atoms with van der Waals surface area (Å²) in [5.74, 6) is -1.28. The second kappa shape index (κ2) is 10.5. The quantitative estimate of drug-likeness (QED) is 0.372. The van der Waals surface area contributed by atoms with E-state index in [4.69, 9.17) is 15.6 Å². The van der Waals surface area contributed by atoms with Gasteiger partial charge in [-0.1, -0.05) is 54.6 Å². The number of pyridine rings is 1. The van der Waals surface area contributed by atoms with Crippen molar-refractivity contribution in [2.24, 2.45) is 10.7 Å². The number of nitrogens with zero attached hydrogens (tertiary/aromatic N) is 2. The van der Waals surface area contributed by atoms with Gasteiger partial charge in [-0.05, 0) is 16.7 Å². The van der Waals surface area contributed by atoms with Gasteiger partial charge in [-0.2, -0.15) is 0 Å². The molecule has 1 amide bonds. The number of ether oxygens (including phenoxy) is 1. The molecular formula is C24H22N4O4. The molecule has 162 valence electrons. The van der Waals surface area contributed by atoms with E-state index in [1.165, 1.54) is 19.4 Å². The van der Waals surface area contributed by atoms with Crippen molar-refractivity contribution < 1.29 is 19.4 Å². The van der Waals surface area contributed by atoms with Crippen molar-refractivity contribution in [3.05, 3.63) is 89.8 Å². The molecule has 3 rings (SSSR count). The molecule has 1 heterocycles. The van der Waals surface area contributed by atoms with Gasteiger partial charge in [0, 0.05) is 31.2 Å². The molecule has 32 heavy (non-hydrogen) atoms. The average molecular weight is 430 g/mol. The van der Waals surface area contributed by atoms with Crippen molar-refractivity contribution >= 4 is 23.9 Å². The van der Waals surface area contributed by atoms with Gasteiger partial charge < -0.3 is 20.9 Å². The number of carboxylic acids is 1. The standard InChI is InChI=1S/C24H22N4O4/c1-32-21-11-22(27-15-20(21)24(30)31)26-14-19(12-25)23(29)28-13-16-7-9-18(10-8-16)17-5-3-2-4-6-17/h2-12,14-15H,13,25H2,1H3,(H,28,29)(H,30,31)/b19-12+,26-14?. The molecule has 0 atom stereocenters. The van der Waals surface area contributed by atoms with Crippen LogP contribution in [0, 0.1) is 0 Å². The minimum Gasteiger partial charge on any atom is -0.496 e. The Morgan fingerprint density at radius 3 is 2.44 bits per heavy atom. The monoisotopic (exact) mass is 430 g/mol. The van der Waals surface area contributed by atoms with E-state index in [2.05, 4.69) is 15.3 Å². The topological polar surface area (TPSA) is 127 Å². The molecule has 8 heteroatoms. The molecule has 4 N–H and O–H groups in total. The van der Waals surface area contributed by atoms with E-state index in [0.29, 0.717) is 6.54 Å². The lowest BCUT2D eigenvalue weighted by atomic mass is 10.0. The molecule has 0 spiro atoms. The summed E-state index contributed by atoms with van der Waals surface area (Å²) in [6, 6.07) is 19.3. The maximum atomic E-state index is 12.5. The van der Waals surface area contributed by atoms with Gasteiger partial charge in [-0.15, -0.1) is 0 Å². The molecule has 0 aliphatic carbocycles. The van der Waals surface area contributed by atoms with Crippen LogP contribution in [-0.4, -0.2) is 35.3 Å². The Bertz CT molecular complexity index is 1160. The summed E-state index contributed by atoms with van der Waals surface area (Å²) in [6.07, 6.45) is 3.54. The molecule has 0 aliphatic rings. The number of aromatic nitrogens is 1. The van der Waals surface area contributed by atoms with Crippen molar-refractivity contribution in [2.75, 3.05) is 7.11 Å². The molecule has 0 unspecified atom stereocenters. The fourth-order valence-corrected chi connectivity index (χ4v) is 2.87. The average Bonchev–Trinajstić information content (AvgIpc) is 2.83. The van der Waals surface area contributed by atoms with Gasteiger partial charge in [0.05, 0.1) is 12.7 Å². The van der Waals surface area contributed by atoms with Crippen LogP contribution in [0.1, 0.15) is 15.9 Å². The maximum Gasteiger partial charge on any atom is 0.341 e. The SMILES string of the molecule is COc1cc(N=C/C(=C\N)C(=O)NCc2ccc(-c3ccccc3)cc2)ncc1C(=O)O. The van der Waals surface area contributed by atoms with Gasteiger partial charge in [0.1, 0.15) is 11.3 Å². The number of carbonyl (C=O) groups excluding carboxylic acids is 1. The van der Waals surface area contributed by atoms with E-state index >= 15 is 0 Å².